The quantitative estimate of drug-likeness (QED) is 0.666. The Labute approximate surface area is 179 Å². The molecule has 0 aliphatic carbocycles. The summed E-state index contributed by atoms with van der Waals surface area (Å²) in [5.74, 6) is 0.387. The lowest BCUT2D eigenvalue weighted by Gasteiger charge is -2.27. The average molecular weight is 424 g/mol. The fourth-order valence-corrected chi connectivity index (χ4v) is 3.65. The van der Waals surface area contributed by atoms with Gasteiger partial charge in [-0.2, -0.15) is 5.10 Å². The van der Waals surface area contributed by atoms with Crippen LogP contribution in [0.5, 0.6) is 0 Å². The number of aromatic nitrogens is 3. The highest BCUT2D eigenvalue weighted by atomic mass is 35.5. The maximum absolute atomic E-state index is 12.8. The van der Waals surface area contributed by atoms with E-state index in [1.807, 2.05) is 48.2 Å². The van der Waals surface area contributed by atoms with Crippen molar-refractivity contribution in [2.45, 2.75) is 6.92 Å². The van der Waals surface area contributed by atoms with E-state index >= 15 is 0 Å². The molecule has 3 aromatic rings. The van der Waals surface area contributed by atoms with E-state index in [0.29, 0.717) is 42.7 Å². The smallest absolute Gasteiger partial charge is 0.254 e. The van der Waals surface area contributed by atoms with Gasteiger partial charge in [-0.3, -0.25) is 14.9 Å². The normalized spacial score (nSPS) is 14.7. The van der Waals surface area contributed by atoms with Gasteiger partial charge in [0.1, 0.15) is 0 Å². The highest BCUT2D eigenvalue weighted by Gasteiger charge is 2.19. The van der Waals surface area contributed by atoms with Gasteiger partial charge in [0.2, 0.25) is 0 Å². The molecule has 154 valence electrons. The zero-order valence-electron chi connectivity index (χ0n) is 16.6. The number of nitrogens with zero attached hydrogens (tertiary/aromatic N) is 3. The molecule has 30 heavy (non-hydrogen) atoms. The molecule has 0 atom stereocenters. The fraction of sp³-hybridized carbons (Fsp3) is 0.227. The highest BCUT2D eigenvalue weighted by molar-refractivity contribution is 6.33. The molecule has 2 aromatic heterocycles. The van der Waals surface area contributed by atoms with E-state index < -0.39 is 0 Å². The predicted octanol–water partition coefficient (Wildman–Crippen LogP) is 3.74. The van der Waals surface area contributed by atoms with E-state index in [0.717, 1.165) is 28.0 Å². The van der Waals surface area contributed by atoms with Crippen LogP contribution < -0.4 is 5.73 Å². The Hall–Kier alpha value is -3.16. The molecule has 1 aliphatic heterocycles. The van der Waals surface area contributed by atoms with E-state index in [2.05, 4.69) is 15.2 Å². The number of nitrogens with one attached hydrogen (secondary N) is 1. The lowest BCUT2D eigenvalue weighted by molar-refractivity contribution is 0.0303. The number of allylic oxidation sites excluding steroid dienone is 1. The van der Waals surface area contributed by atoms with Crippen LogP contribution >= 0.6 is 11.6 Å². The van der Waals surface area contributed by atoms with Gasteiger partial charge in [-0.25, -0.2) is 0 Å². The van der Waals surface area contributed by atoms with Crippen LogP contribution in [0.25, 0.3) is 22.9 Å². The summed E-state index contributed by atoms with van der Waals surface area (Å²) in [5.41, 5.74) is 10.9. The molecule has 1 saturated heterocycles. The minimum atomic E-state index is 0.0139. The van der Waals surface area contributed by atoms with Crippen LogP contribution in [0.15, 0.2) is 42.7 Å². The van der Waals surface area contributed by atoms with E-state index in [1.165, 1.54) is 0 Å². The summed E-state index contributed by atoms with van der Waals surface area (Å²) in [7, 11) is 0. The lowest BCUT2D eigenvalue weighted by Crippen LogP contribution is -2.40. The van der Waals surface area contributed by atoms with Crippen molar-refractivity contribution in [3.8, 4) is 11.3 Å². The fourth-order valence-electron chi connectivity index (χ4n) is 3.44. The van der Waals surface area contributed by atoms with Crippen LogP contribution in [0.4, 0.5) is 5.82 Å². The molecular weight excluding hydrogens is 402 g/mol. The molecule has 0 unspecified atom stereocenters. The van der Waals surface area contributed by atoms with Crippen molar-refractivity contribution in [3.05, 3.63) is 64.4 Å². The largest absolute Gasteiger partial charge is 0.382 e. The Morgan fingerprint density at radius 1 is 1.27 bits per heavy atom. The summed E-state index contributed by atoms with van der Waals surface area (Å²) in [6, 6.07) is 9.41. The molecule has 1 aromatic carbocycles. The Balaban J connectivity index is 1.66. The topological polar surface area (TPSA) is 97.1 Å². The van der Waals surface area contributed by atoms with Gasteiger partial charge in [-0.1, -0.05) is 23.7 Å². The molecular formula is C22H22ClN5O2. The van der Waals surface area contributed by atoms with Crippen LogP contribution in [-0.2, 0) is 4.74 Å². The second kappa shape index (κ2) is 8.69. The second-order valence-electron chi connectivity index (χ2n) is 7.07. The number of hydrogen-bond donors (Lipinski definition) is 2. The molecule has 8 heteroatoms. The lowest BCUT2D eigenvalue weighted by atomic mass is 10.00. The van der Waals surface area contributed by atoms with Crippen molar-refractivity contribution in [2.24, 2.45) is 0 Å². The number of anilines is 1. The van der Waals surface area contributed by atoms with Gasteiger partial charge in [-0.05, 0) is 42.3 Å². The summed E-state index contributed by atoms with van der Waals surface area (Å²) in [6.45, 7) is 4.34. The van der Waals surface area contributed by atoms with Gasteiger partial charge >= 0.3 is 0 Å². The van der Waals surface area contributed by atoms with E-state index in [4.69, 9.17) is 22.1 Å². The molecule has 3 N–H and O–H groups in total. The summed E-state index contributed by atoms with van der Waals surface area (Å²) < 4.78 is 5.34. The number of aromatic amines is 1. The van der Waals surface area contributed by atoms with Crippen LogP contribution in [0.3, 0.4) is 0 Å². The maximum Gasteiger partial charge on any atom is 0.254 e. The molecule has 0 bridgehead atoms. The van der Waals surface area contributed by atoms with Crippen LogP contribution in [0.1, 0.15) is 28.4 Å². The van der Waals surface area contributed by atoms with Gasteiger partial charge < -0.3 is 15.4 Å². The number of carbonyl (C=O) groups excluding carboxylic acids is 1. The third-order valence-electron chi connectivity index (χ3n) is 5.10. The molecule has 0 saturated carbocycles. The van der Waals surface area contributed by atoms with Gasteiger partial charge in [-0.15, -0.1) is 0 Å². The Morgan fingerprint density at radius 3 is 2.80 bits per heavy atom. The van der Waals surface area contributed by atoms with Gasteiger partial charge in [0, 0.05) is 42.2 Å². The summed E-state index contributed by atoms with van der Waals surface area (Å²) in [4.78, 5) is 18.7. The van der Waals surface area contributed by atoms with Crippen molar-refractivity contribution < 1.29 is 9.53 Å². The molecule has 0 radical (unpaired) electrons. The predicted molar refractivity (Wildman–Crippen MR) is 118 cm³/mol. The van der Waals surface area contributed by atoms with E-state index in [9.17, 15) is 4.79 Å². The van der Waals surface area contributed by atoms with Crippen molar-refractivity contribution in [2.75, 3.05) is 32.0 Å². The Kier molecular flexibility index (Phi) is 5.83. The Morgan fingerprint density at radius 2 is 2.03 bits per heavy atom. The molecule has 1 aliphatic rings. The SMILES string of the molecule is C/C(=C\c1c(N)n[nH]c1-c1ccncc1Cl)c1cccc(C(=O)N2CCOCC2)c1. The van der Waals surface area contributed by atoms with Crippen molar-refractivity contribution >= 4 is 35.0 Å². The van der Waals surface area contributed by atoms with E-state index in [1.54, 1.807) is 12.4 Å². The van der Waals surface area contributed by atoms with Gasteiger partial charge in [0.15, 0.2) is 5.82 Å². The third kappa shape index (κ3) is 4.08. The molecule has 7 nitrogen and oxygen atoms in total. The number of pyridine rings is 1. The number of nitrogen functional groups attached to an aromatic ring is 1. The summed E-state index contributed by atoms with van der Waals surface area (Å²) >= 11 is 6.30. The number of morpholine rings is 1. The maximum atomic E-state index is 12.8. The molecule has 1 fully saturated rings. The van der Waals surface area contributed by atoms with Crippen molar-refractivity contribution in [1.82, 2.24) is 20.1 Å². The number of ether oxygens (including phenoxy) is 1. The van der Waals surface area contributed by atoms with Crippen molar-refractivity contribution in [3.63, 3.8) is 0 Å². The zero-order chi connectivity index (χ0) is 21.1. The number of hydrogen-bond acceptors (Lipinski definition) is 5. The number of carbonyl (C=O) groups is 1. The van der Waals surface area contributed by atoms with E-state index in [-0.39, 0.29) is 5.91 Å². The number of amides is 1. The number of H-pyrrole nitrogens is 1. The number of benzene rings is 1. The van der Waals surface area contributed by atoms with Gasteiger partial charge in [0.05, 0.1) is 23.9 Å². The first-order valence-corrected chi connectivity index (χ1v) is 10.0. The monoisotopic (exact) mass is 423 g/mol. The molecule has 3 heterocycles. The number of halogens is 1. The minimum Gasteiger partial charge on any atom is -0.382 e. The zero-order valence-corrected chi connectivity index (χ0v) is 17.3. The van der Waals surface area contributed by atoms with Crippen LogP contribution in [0.2, 0.25) is 5.02 Å². The molecule has 0 spiro atoms. The highest BCUT2D eigenvalue weighted by Crippen LogP contribution is 2.33. The first-order chi connectivity index (χ1) is 14.5. The number of nitrogens with two attached hydrogens (primary N) is 1. The van der Waals surface area contributed by atoms with Gasteiger partial charge in [0.25, 0.3) is 5.91 Å². The minimum absolute atomic E-state index is 0.0139. The average Bonchev–Trinajstić information content (AvgIpc) is 3.14. The summed E-state index contributed by atoms with van der Waals surface area (Å²) in [5, 5.41) is 7.61. The Bertz CT molecular complexity index is 1100. The summed E-state index contributed by atoms with van der Waals surface area (Å²) in [6.07, 6.45) is 5.19. The number of rotatable bonds is 4. The first kappa shape index (κ1) is 20.1. The van der Waals surface area contributed by atoms with Crippen LogP contribution in [0, 0.1) is 0 Å². The first-order valence-electron chi connectivity index (χ1n) is 9.64. The standard InChI is InChI=1S/C22H22ClN5O2/c1-14(11-18-20(26-27-21(18)24)17-5-6-25-13-19(17)23)15-3-2-4-16(12-15)22(29)28-7-9-30-10-8-28/h2-6,11-13H,7-10H2,1H3,(H3,24,26,27)/b14-11+. The van der Waals surface area contributed by atoms with Crippen molar-refractivity contribution in [1.29, 1.82) is 0 Å². The third-order valence-corrected chi connectivity index (χ3v) is 5.40. The van der Waals surface area contributed by atoms with Crippen LogP contribution in [-0.4, -0.2) is 52.3 Å². The second-order valence-corrected chi connectivity index (χ2v) is 7.47. The molecule has 1 amide bonds. The molecule has 4 rings (SSSR count).